The fraction of sp³-hybridized carbons (Fsp3) is 0.263. The zero-order chi connectivity index (χ0) is 36.7. The highest BCUT2D eigenvalue weighted by atomic mass is 35.5. The first kappa shape index (κ1) is 37.2. The molecule has 2 atom stereocenters. The zero-order valence-electron chi connectivity index (χ0n) is 28.7. The monoisotopic (exact) mass is 730 g/mol. The van der Waals surface area contributed by atoms with Gasteiger partial charge in [0, 0.05) is 40.7 Å². The molecule has 4 aromatic carbocycles. The Labute approximate surface area is 307 Å². The van der Waals surface area contributed by atoms with Gasteiger partial charge < -0.3 is 24.8 Å². The van der Waals surface area contributed by atoms with E-state index in [0.717, 1.165) is 27.5 Å². The average molecular weight is 732 g/mol. The molecule has 1 heterocycles. The van der Waals surface area contributed by atoms with Gasteiger partial charge in [-0.15, -0.1) is 6.58 Å². The molecule has 11 nitrogen and oxygen atoms in total. The molecule has 1 N–H and O–H groups in total. The lowest BCUT2D eigenvalue weighted by atomic mass is 9.98. The Morgan fingerprint density at radius 2 is 1.67 bits per heavy atom. The van der Waals surface area contributed by atoms with Crippen LogP contribution in [0.15, 0.2) is 97.6 Å². The van der Waals surface area contributed by atoms with Crippen LogP contribution in [0.5, 0.6) is 5.75 Å². The first-order valence-electron chi connectivity index (χ1n) is 16.3. The molecule has 5 rings (SSSR count). The molecule has 13 heteroatoms. The number of ether oxygens (including phenoxy) is 1. The second-order valence-electron chi connectivity index (χ2n) is 12.4. The van der Waals surface area contributed by atoms with E-state index in [1.807, 2.05) is 42.5 Å². The van der Waals surface area contributed by atoms with Crippen molar-refractivity contribution in [3.05, 3.63) is 124 Å². The molecule has 5 amide bonds. The first-order valence-corrected chi connectivity index (χ1v) is 17.1. The molecular formula is C38H40Cl2N6O5. The summed E-state index contributed by atoms with van der Waals surface area (Å²) >= 11 is 12.2. The van der Waals surface area contributed by atoms with E-state index in [-0.39, 0.29) is 38.5 Å². The first-order chi connectivity index (χ1) is 24.5. The van der Waals surface area contributed by atoms with Crippen molar-refractivity contribution < 1.29 is 23.9 Å². The van der Waals surface area contributed by atoms with Crippen molar-refractivity contribution in [1.82, 2.24) is 30.0 Å². The van der Waals surface area contributed by atoms with Gasteiger partial charge in [-0.1, -0.05) is 89.9 Å². The van der Waals surface area contributed by atoms with E-state index in [0.29, 0.717) is 22.2 Å². The van der Waals surface area contributed by atoms with E-state index < -0.39 is 24.3 Å². The summed E-state index contributed by atoms with van der Waals surface area (Å²) in [4.78, 5) is 57.5. The summed E-state index contributed by atoms with van der Waals surface area (Å²) in [5, 5.41) is 8.87. The smallest absolute Gasteiger partial charge is 0.410 e. The normalized spacial score (nSPS) is 15.8. The minimum absolute atomic E-state index is 0.126. The van der Waals surface area contributed by atoms with Crippen molar-refractivity contribution >= 4 is 58.4 Å². The Morgan fingerprint density at radius 3 is 2.35 bits per heavy atom. The highest BCUT2D eigenvalue weighted by Crippen LogP contribution is 2.28. The van der Waals surface area contributed by atoms with Crippen molar-refractivity contribution in [1.29, 1.82) is 0 Å². The number of nitrogens with one attached hydrogen (secondary N) is 1. The Morgan fingerprint density at radius 1 is 0.961 bits per heavy atom. The van der Waals surface area contributed by atoms with Crippen LogP contribution in [0.2, 0.25) is 10.0 Å². The van der Waals surface area contributed by atoms with Crippen molar-refractivity contribution in [2.45, 2.75) is 31.7 Å². The van der Waals surface area contributed by atoms with Crippen molar-refractivity contribution in [3.8, 4) is 5.75 Å². The quantitative estimate of drug-likeness (QED) is 0.106. The molecule has 266 valence electrons. The fourth-order valence-electron chi connectivity index (χ4n) is 6.02. The number of hydrogen-bond acceptors (Lipinski definition) is 6. The van der Waals surface area contributed by atoms with Gasteiger partial charge in [0.25, 0.3) is 0 Å². The second kappa shape index (κ2) is 16.7. The highest BCUT2D eigenvalue weighted by molar-refractivity contribution is 6.42. The van der Waals surface area contributed by atoms with E-state index in [4.69, 9.17) is 27.9 Å². The maximum atomic E-state index is 14.3. The number of halogens is 2. The topological polar surface area (TPSA) is 106 Å². The van der Waals surface area contributed by atoms with Crippen LogP contribution in [0.1, 0.15) is 16.7 Å². The fourth-order valence-corrected chi connectivity index (χ4v) is 6.34. The Kier molecular flexibility index (Phi) is 12.2. The zero-order valence-corrected chi connectivity index (χ0v) is 30.2. The minimum Gasteiger partial charge on any atom is -0.410 e. The summed E-state index contributed by atoms with van der Waals surface area (Å²) in [5.41, 5.74) is 2.46. The van der Waals surface area contributed by atoms with E-state index >= 15 is 0 Å². The van der Waals surface area contributed by atoms with E-state index in [9.17, 15) is 19.2 Å². The number of fused-ring (bicyclic) bond motifs is 1. The third-order valence-electron chi connectivity index (χ3n) is 8.75. The summed E-state index contributed by atoms with van der Waals surface area (Å²) in [6.45, 7) is 4.56. The number of likely N-dealkylation sites (N-methyl/N-ethyl adjacent to an activating group) is 1. The molecule has 0 radical (unpaired) electrons. The Balaban J connectivity index is 1.44. The van der Waals surface area contributed by atoms with Crippen LogP contribution in [-0.2, 0) is 29.1 Å². The Hall–Kier alpha value is -5.10. The molecule has 0 bridgehead atoms. The molecular weight excluding hydrogens is 691 g/mol. The molecule has 51 heavy (non-hydrogen) atoms. The summed E-state index contributed by atoms with van der Waals surface area (Å²) in [6, 6.07) is 24.5. The van der Waals surface area contributed by atoms with Crippen molar-refractivity contribution in [2.24, 2.45) is 0 Å². The van der Waals surface area contributed by atoms with Gasteiger partial charge >= 0.3 is 12.1 Å². The highest BCUT2D eigenvalue weighted by Gasteiger charge is 2.43. The Bertz CT molecular complexity index is 1900. The van der Waals surface area contributed by atoms with Crippen LogP contribution in [0, 0.1) is 0 Å². The molecule has 0 spiro atoms. The predicted molar refractivity (Wildman–Crippen MR) is 198 cm³/mol. The van der Waals surface area contributed by atoms with Gasteiger partial charge in [-0.25, -0.2) is 9.59 Å². The number of amides is 5. The summed E-state index contributed by atoms with van der Waals surface area (Å²) in [7, 11) is 4.89. The molecule has 0 aliphatic carbocycles. The lowest BCUT2D eigenvalue weighted by Crippen LogP contribution is -2.69. The number of piperazine rings is 1. The van der Waals surface area contributed by atoms with E-state index in [1.54, 1.807) is 79.6 Å². The molecule has 0 unspecified atom stereocenters. The lowest BCUT2D eigenvalue weighted by molar-refractivity contribution is -0.166. The molecule has 1 aliphatic rings. The molecule has 4 aromatic rings. The SMILES string of the molecule is C=CCN(C(=O)NCc1ccc(Cl)c(Cl)c1)N(C)[C@H]1CN(Cc2cccc3ccccc23)C(=O)[C@H](Cc2ccc(OC(=O)N(C)C)cc2)N1C=O. The number of carbonyl (C=O) groups excluding carboxylic acids is 4. The summed E-state index contributed by atoms with van der Waals surface area (Å²) in [6.07, 6.45) is 1.19. The maximum Gasteiger partial charge on any atom is 0.414 e. The van der Waals surface area contributed by atoms with Gasteiger partial charge in [-0.2, -0.15) is 5.01 Å². The van der Waals surface area contributed by atoms with Gasteiger partial charge in [0.15, 0.2) is 0 Å². The van der Waals surface area contributed by atoms with Crippen LogP contribution in [-0.4, -0.2) is 95.6 Å². The van der Waals surface area contributed by atoms with Crippen molar-refractivity contribution in [3.63, 3.8) is 0 Å². The average Bonchev–Trinajstić information content (AvgIpc) is 3.13. The number of hydrazine groups is 1. The van der Waals surface area contributed by atoms with E-state index in [2.05, 4.69) is 11.9 Å². The van der Waals surface area contributed by atoms with Crippen LogP contribution in [0.3, 0.4) is 0 Å². The largest absolute Gasteiger partial charge is 0.414 e. The number of urea groups is 1. The van der Waals surface area contributed by atoms with Gasteiger partial charge in [-0.3, -0.25) is 14.6 Å². The van der Waals surface area contributed by atoms with E-state index in [1.165, 1.54) is 14.8 Å². The second-order valence-corrected chi connectivity index (χ2v) is 13.2. The van der Waals surface area contributed by atoms with Gasteiger partial charge in [0.1, 0.15) is 18.0 Å². The van der Waals surface area contributed by atoms with Crippen LogP contribution < -0.4 is 10.1 Å². The summed E-state index contributed by atoms with van der Waals surface area (Å²) < 4.78 is 5.36. The number of benzene rings is 4. The lowest BCUT2D eigenvalue weighted by Gasteiger charge is -2.49. The van der Waals surface area contributed by atoms with Crippen LogP contribution >= 0.6 is 23.2 Å². The predicted octanol–water partition coefficient (Wildman–Crippen LogP) is 6.19. The maximum absolute atomic E-state index is 14.3. The minimum atomic E-state index is -0.904. The number of nitrogens with zero attached hydrogens (tertiary/aromatic N) is 5. The molecule has 0 saturated carbocycles. The molecule has 1 saturated heterocycles. The van der Waals surface area contributed by atoms with Gasteiger partial charge in [0.2, 0.25) is 12.3 Å². The third-order valence-corrected chi connectivity index (χ3v) is 9.49. The van der Waals surface area contributed by atoms with Gasteiger partial charge in [0.05, 0.1) is 23.1 Å². The van der Waals surface area contributed by atoms with Gasteiger partial charge in [-0.05, 0) is 51.7 Å². The molecule has 1 fully saturated rings. The number of hydrogen-bond donors (Lipinski definition) is 1. The molecule has 0 aromatic heterocycles. The number of rotatable bonds is 12. The van der Waals surface area contributed by atoms with Crippen LogP contribution in [0.4, 0.5) is 9.59 Å². The number of carbonyl (C=O) groups is 4. The van der Waals surface area contributed by atoms with Crippen LogP contribution in [0.25, 0.3) is 10.8 Å². The molecule has 1 aliphatic heterocycles. The van der Waals surface area contributed by atoms with Crippen molar-refractivity contribution in [2.75, 3.05) is 34.2 Å². The third kappa shape index (κ3) is 8.80. The summed E-state index contributed by atoms with van der Waals surface area (Å²) in [5.74, 6) is 0.115. The standard InChI is InChI=1S/C38H40Cl2N6O5/c1-5-19-46(37(49)41-22-27-15-18-32(39)33(40)20-27)43(4)35-24-44(23-29-11-8-10-28-9-6-7-12-31(28)29)36(48)34(45(35)25-47)21-26-13-16-30(17-14-26)51-38(50)42(2)3/h5-18,20,25,34-35H,1,19,21-24H2,2-4H3,(H,41,49)/t34-,35+/m0/s1.